The van der Waals surface area contributed by atoms with Crippen molar-refractivity contribution in [3.8, 4) is 0 Å². The molecular weight excluding hydrogens is 254 g/mol. The van der Waals surface area contributed by atoms with E-state index in [1.165, 1.54) is 0 Å². The summed E-state index contributed by atoms with van der Waals surface area (Å²) in [6.07, 6.45) is -5.27. The fourth-order valence-corrected chi connectivity index (χ4v) is 1.49. The van der Waals surface area contributed by atoms with E-state index in [1.54, 1.807) is 0 Å². The van der Waals surface area contributed by atoms with Crippen molar-refractivity contribution in [1.29, 1.82) is 0 Å². The molecule has 7 heteroatoms. The minimum Gasteiger partial charge on any atom is -0.481 e. The Hall–Kier alpha value is -1.63. The molecule has 0 spiro atoms. The van der Waals surface area contributed by atoms with E-state index in [2.05, 4.69) is 0 Å². The van der Waals surface area contributed by atoms with Crippen LogP contribution in [0.1, 0.15) is 30.0 Å². The van der Waals surface area contributed by atoms with Crippen LogP contribution < -0.4 is 5.73 Å². The quantitative estimate of drug-likeness (QED) is 0.823. The molecule has 0 aliphatic heterocycles. The van der Waals surface area contributed by atoms with Crippen LogP contribution in [0.3, 0.4) is 0 Å². The molecule has 1 rings (SSSR count). The molecule has 3 N–H and O–H groups in total. The molecule has 0 bridgehead atoms. The number of carboxylic acids is 1. The van der Waals surface area contributed by atoms with Gasteiger partial charge in [0.05, 0.1) is 5.56 Å². The van der Waals surface area contributed by atoms with E-state index in [0.717, 1.165) is 12.1 Å². The lowest BCUT2D eigenvalue weighted by molar-refractivity contribution is -0.140. The van der Waals surface area contributed by atoms with Crippen molar-refractivity contribution in [3.63, 3.8) is 0 Å². The third-order valence-corrected chi connectivity index (χ3v) is 2.40. The van der Waals surface area contributed by atoms with Gasteiger partial charge in [-0.05, 0) is 12.5 Å². The molecule has 0 saturated heterocycles. The maximum atomic E-state index is 13.6. The Morgan fingerprint density at radius 2 is 2.00 bits per heavy atom. The second kappa shape index (κ2) is 5.34. The maximum absolute atomic E-state index is 13.6. The third-order valence-electron chi connectivity index (χ3n) is 2.40. The molecule has 0 amide bonds. The number of alkyl halides is 3. The number of rotatable bonds is 4. The Morgan fingerprint density at radius 1 is 1.39 bits per heavy atom. The van der Waals surface area contributed by atoms with Gasteiger partial charge < -0.3 is 10.8 Å². The number of carboxylic acid groups (broad SMARTS) is 1. The van der Waals surface area contributed by atoms with Crippen LogP contribution in [-0.2, 0) is 11.0 Å². The second-order valence-corrected chi connectivity index (χ2v) is 3.75. The van der Waals surface area contributed by atoms with Gasteiger partial charge in [0.15, 0.2) is 0 Å². The molecule has 100 valence electrons. The smallest absolute Gasteiger partial charge is 0.419 e. The van der Waals surface area contributed by atoms with Crippen molar-refractivity contribution < 1.29 is 27.5 Å². The number of carbonyl (C=O) groups is 1. The first-order valence-corrected chi connectivity index (χ1v) is 5.06. The van der Waals surface area contributed by atoms with Crippen molar-refractivity contribution in [1.82, 2.24) is 0 Å². The van der Waals surface area contributed by atoms with Crippen LogP contribution in [0, 0.1) is 5.82 Å². The van der Waals surface area contributed by atoms with Crippen molar-refractivity contribution >= 4 is 5.97 Å². The van der Waals surface area contributed by atoms with Gasteiger partial charge in [0.1, 0.15) is 5.82 Å². The van der Waals surface area contributed by atoms with Crippen LogP contribution in [0.25, 0.3) is 0 Å². The molecule has 3 nitrogen and oxygen atoms in total. The fourth-order valence-electron chi connectivity index (χ4n) is 1.49. The lowest BCUT2D eigenvalue weighted by Crippen LogP contribution is -2.17. The fraction of sp³-hybridized carbons (Fsp3) is 0.364. The van der Waals surface area contributed by atoms with Crippen molar-refractivity contribution in [2.75, 3.05) is 0 Å². The summed E-state index contributed by atoms with van der Waals surface area (Å²) in [5.41, 5.74) is 3.76. The van der Waals surface area contributed by atoms with E-state index in [0.29, 0.717) is 6.07 Å². The van der Waals surface area contributed by atoms with Crippen LogP contribution >= 0.6 is 0 Å². The highest BCUT2D eigenvalue weighted by atomic mass is 19.4. The molecule has 1 unspecified atom stereocenters. The monoisotopic (exact) mass is 265 g/mol. The lowest BCUT2D eigenvalue weighted by atomic mass is 9.99. The summed E-state index contributed by atoms with van der Waals surface area (Å²) in [6, 6.07) is 1.70. The number of aliphatic carboxylic acids is 1. The summed E-state index contributed by atoms with van der Waals surface area (Å²) in [5, 5.41) is 8.43. The number of nitrogens with two attached hydrogens (primary N) is 1. The Balaban J connectivity index is 3.00. The third kappa shape index (κ3) is 3.43. The Morgan fingerprint density at radius 3 is 2.50 bits per heavy atom. The largest absolute Gasteiger partial charge is 0.481 e. The Labute approximate surface area is 100 Å². The van der Waals surface area contributed by atoms with Gasteiger partial charge in [-0.25, -0.2) is 4.39 Å². The molecule has 1 aromatic rings. The highest BCUT2D eigenvalue weighted by Gasteiger charge is 2.35. The van der Waals surface area contributed by atoms with E-state index in [-0.39, 0.29) is 18.4 Å². The highest BCUT2D eigenvalue weighted by Crippen LogP contribution is 2.34. The van der Waals surface area contributed by atoms with Gasteiger partial charge in [-0.2, -0.15) is 13.2 Å². The summed E-state index contributed by atoms with van der Waals surface area (Å²) in [7, 11) is 0. The van der Waals surface area contributed by atoms with Gasteiger partial charge in [-0.15, -0.1) is 0 Å². The average Bonchev–Trinajstić information content (AvgIpc) is 2.24. The highest BCUT2D eigenvalue weighted by molar-refractivity contribution is 5.66. The topological polar surface area (TPSA) is 63.3 Å². The molecule has 0 fully saturated rings. The summed E-state index contributed by atoms with van der Waals surface area (Å²) >= 11 is 0. The molecular formula is C11H11F4NO2. The van der Waals surface area contributed by atoms with Gasteiger partial charge in [-0.1, -0.05) is 12.1 Å². The summed E-state index contributed by atoms with van der Waals surface area (Å²) in [4.78, 5) is 10.3. The number of halogens is 4. The predicted molar refractivity (Wildman–Crippen MR) is 55.2 cm³/mol. The summed E-state index contributed by atoms with van der Waals surface area (Å²) in [6.45, 7) is 0. The zero-order valence-electron chi connectivity index (χ0n) is 9.17. The molecule has 18 heavy (non-hydrogen) atoms. The minimum absolute atomic E-state index is 0.131. The molecule has 0 aliphatic rings. The van der Waals surface area contributed by atoms with E-state index in [9.17, 15) is 22.4 Å². The zero-order valence-corrected chi connectivity index (χ0v) is 9.17. The van der Waals surface area contributed by atoms with Crippen LogP contribution in [0.4, 0.5) is 17.6 Å². The van der Waals surface area contributed by atoms with Crippen molar-refractivity contribution in [3.05, 3.63) is 35.1 Å². The summed E-state index contributed by atoms with van der Waals surface area (Å²) in [5.74, 6) is -2.58. The lowest BCUT2D eigenvalue weighted by Gasteiger charge is -2.15. The molecule has 0 aliphatic carbocycles. The van der Waals surface area contributed by atoms with Crippen LogP contribution in [0.5, 0.6) is 0 Å². The first-order chi connectivity index (χ1) is 8.23. The molecule has 1 aromatic carbocycles. The van der Waals surface area contributed by atoms with Crippen molar-refractivity contribution in [2.24, 2.45) is 5.73 Å². The molecule has 0 saturated carbocycles. The molecule has 0 heterocycles. The first kappa shape index (κ1) is 14.4. The van der Waals surface area contributed by atoms with E-state index in [4.69, 9.17) is 10.8 Å². The van der Waals surface area contributed by atoms with E-state index < -0.39 is 29.6 Å². The maximum Gasteiger partial charge on any atom is 0.419 e. The van der Waals surface area contributed by atoms with Gasteiger partial charge in [0.2, 0.25) is 0 Å². The summed E-state index contributed by atoms with van der Waals surface area (Å²) < 4.78 is 50.9. The van der Waals surface area contributed by atoms with E-state index >= 15 is 0 Å². The van der Waals surface area contributed by atoms with Crippen LogP contribution in [0.15, 0.2) is 18.2 Å². The number of benzene rings is 1. The van der Waals surface area contributed by atoms with Gasteiger partial charge in [0.25, 0.3) is 0 Å². The zero-order chi connectivity index (χ0) is 13.9. The molecule has 0 radical (unpaired) electrons. The molecule has 0 aromatic heterocycles. The van der Waals surface area contributed by atoms with Crippen LogP contribution in [-0.4, -0.2) is 11.1 Å². The minimum atomic E-state index is -4.80. The first-order valence-electron chi connectivity index (χ1n) is 5.06. The molecule has 1 atom stereocenters. The van der Waals surface area contributed by atoms with Gasteiger partial charge in [-0.3, -0.25) is 4.79 Å². The Bertz CT molecular complexity index is 445. The predicted octanol–water partition coefficient (Wildman–Crippen LogP) is 2.71. The number of hydrogen-bond donors (Lipinski definition) is 2. The van der Waals surface area contributed by atoms with Crippen LogP contribution in [0.2, 0.25) is 0 Å². The average molecular weight is 265 g/mol. The van der Waals surface area contributed by atoms with Gasteiger partial charge in [0, 0.05) is 18.0 Å². The standard InChI is InChI=1S/C11H11F4NO2/c12-10-6(8(16)4-5-9(17)18)2-1-3-7(10)11(13,14)15/h1-3,8H,4-5,16H2,(H,17,18). The van der Waals surface area contributed by atoms with Gasteiger partial charge >= 0.3 is 12.1 Å². The SMILES string of the molecule is NC(CCC(=O)O)c1cccc(C(F)(F)F)c1F. The van der Waals surface area contributed by atoms with E-state index in [1.807, 2.05) is 0 Å². The Kier molecular flexibility index (Phi) is 4.28. The van der Waals surface area contributed by atoms with Crippen molar-refractivity contribution in [2.45, 2.75) is 25.1 Å². The second-order valence-electron chi connectivity index (χ2n) is 3.75. The normalized spacial score (nSPS) is 13.4. The number of hydrogen-bond acceptors (Lipinski definition) is 2.